The number of methoxy groups -OCH3 is 1. The van der Waals surface area contributed by atoms with Crippen LogP contribution >= 0.6 is 0 Å². The van der Waals surface area contributed by atoms with Crippen molar-refractivity contribution in [2.75, 3.05) is 20.7 Å². The number of benzene rings is 3. The van der Waals surface area contributed by atoms with E-state index in [-0.39, 0.29) is 11.7 Å². The van der Waals surface area contributed by atoms with Crippen molar-refractivity contribution in [3.8, 4) is 11.4 Å². The number of nitrogens with zero attached hydrogens (tertiary/aromatic N) is 4. The van der Waals surface area contributed by atoms with Gasteiger partial charge in [0.05, 0.1) is 36.3 Å². The van der Waals surface area contributed by atoms with Crippen LogP contribution < -0.4 is 4.74 Å². The van der Waals surface area contributed by atoms with Crippen LogP contribution in [0.2, 0.25) is 0 Å². The second-order valence-electron chi connectivity index (χ2n) is 9.57. The van der Waals surface area contributed by atoms with Crippen molar-refractivity contribution in [2.24, 2.45) is 0 Å². The molecule has 4 aromatic rings. The monoisotopic (exact) mass is 498 g/mol. The first-order chi connectivity index (χ1) is 17.9. The summed E-state index contributed by atoms with van der Waals surface area (Å²) in [6.07, 6.45) is 0.835. The minimum atomic E-state index is -0.228. The highest BCUT2D eigenvalue weighted by molar-refractivity contribution is 5.96. The Morgan fingerprint density at radius 1 is 1.05 bits per heavy atom. The van der Waals surface area contributed by atoms with E-state index in [1.165, 1.54) is 23.4 Å². The molecule has 0 aliphatic carbocycles. The number of fused-ring (bicyclic) bond motifs is 1. The standard InChI is InChI=1S/C30H31FN4O2/c1-21-8-14-24(15-9-21)35-28-16-17-34(18-22-10-12-23(31)13-11-22)19-26(28)27(32-35)20-33(2)30(36)25-6-4-5-7-29(25)37-3/h4-15H,16-20H2,1-3H3. The van der Waals surface area contributed by atoms with Gasteiger partial charge in [-0.3, -0.25) is 9.69 Å². The van der Waals surface area contributed by atoms with Gasteiger partial charge in [-0.1, -0.05) is 42.0 Å². The number of rotatable bonds is 7. The Morgan fingerprint density at radius 3 is 2.51 bits per heavy atom. The molecular formula is C30H31FN4O2. The minimum absolute atomic E-state index is 0.116. The Labute approximate surface area is 216 Å². The summed E-state index contributed by atoms with van der Waals surface area (Å²) in [4.78, 5) is 17.4. The molecule has 0 atom stereocenters. The van der Waals surface area contributed by atoms with Crippen LogP contribution in [0, 0.1) is 12.7 Å². The number of ether oxygens (including phenoxy) is 1. The predicted octanol–water partition coefficient (Wildman–Crippen LogP) is 5.16. The van der Waals surface area contributed by atoms with Crippen LogP contribution in [0.3, 0.4) is 0 Å². The van der Waals surface area contributed by atoms with E-state index in [1.54, 1.807) is 31.2 Å². The zero-order valence-electron chi connectivity index (χ0n) is 21.4. The second-order valence-corrected chi connectivity index (χ2v) is 9.57. The summed E-state index contributed by atoms with van der Waals surface area (Å²) in [5.74, 6) is 0.209. The van der Waals surface area contributed by atoms with E-state index in [0.717, 1.165) is 42.0 Å². The maximum absolute atomic E-state index is 13.4. The quantitative estimate of drug-likeness (QED) is 0.353. The zero-order valence-corrected chi connectivity index (χ0v) is 21.4. The SMILES string of the molecule is COc1ccccc1C(=O)N(C)Cc1nn(-c2ccc(C)cc2)c2c1CN(Cc1ccc(F)cc1)CC2. The maximum atomic E-state index is 13.4. The molecule has 0 fully saturated rings. The lowest BCUT2D eigenvalue weighted by Gasteiger charge is -2.28. The van der Waals surface area contributed by atoms with Crippen molar-refractivity contribution in [3.63, 3.8) is 0 Å². The Bertz CT molecular complexity index is 1400. The van der Waals surface area contributed by atoms with Gasteiger partial charge in [-0.2, -0.15) is 5.10 Å². The third-order valence-corrected chi connectivity index (χ3v) is 6.89. The fourth-order valence-electron chi connectivity index (χ4n) is 4.87. The molecule has 1 aliphatic rings. The van der Waals surface area contributed by atoms with Crippen LogP contribution in [0.15, 0.2) is 72.8 Å². The largest absolute Gasteiger partial charge is 0.496 e. The molecule has 5 rings (SSSR count). The van der Waals surface area contributed by atoms with Gasteiger partial charge >= 0.3 is 0 Å². The molecule has 0 unspecified atom stereocenters. The first kappa shape index (κ1) is 24.7. The number of halogens is 1. The van der Waals surface area contributed by atoms with Gasteiger partial charge in [0, 0.05) is 38.7 Å². The molecule has 0 radical (unpaired) electrons. The Morgan fingerprint density at radius 2 is 1.78 bits per heavy atom. The van der Waals surface area contributed by atoms with Gasteiger partial charge in [-0.05, 0) is 48.9 Å². The van der Waals surface area contributed by atoms with Crippen LogP contribution in [-0.2, 0) is 26.1 Å². The number of hydrogen-bond donors (Lipinski definition) is 0. The molecule has 6 nitrogen and oxygen atoms in total. The molecule has 0 bridgehead atoms. The fraction of sp³-hybridized carbons (Fsp3) is 0.267. The number of carbonyl (C=O) groups excluding carboxylic acids is 1. The number of para-hydroxylation sites is 1. The van der Waals surface area contributed by atoms with E-state index < -0.39 is 0 Å². The van der Waals surface area contributed by atoms with Gasteiger partial charge < -0.3 is 9.64 Å². The van der Waals surface area contributed by atoms with Crippen molar-refractivity contribution in [2.45, 2.75) is 33.0 Å². The first-order valence-corrected chi connectivity index (χ1v) is 12.4. The van der Waals surface area contributed by atoms with Crippen molar-refractivity contribution < 1.29 is 13.9 Å². The molecule has 1 amide bonds. The lowest BCUT2D eigenvalue weighted by molar-refractivity contribution is 0.0779. The van der Waals surface area contributed by atoms with Crippen molar-refractivity contribution >= 4 is 5.91 Å². The molecule has 190 valence electrons. The van der Waals surface area contributed by atoms with Crippen molar-refractivity contribution in [1.82, 2.24) is 19.6 Å². The number of amides is 1. The lowest BCUT2D eigenvalue weighted by atomic mass is 10.0. The highest BCUT2D eigenvalue weighted by Crippen LogP contribution is 2.28. The van der Waals surface area contributed by atoms with E-state index in [4.69, 9.17) is 9.84 Å². The molecular weight excluding hydrogens is 467 g/mol. The molecule has 37 heavy (non-hydrogen) atoms. The molecule has 7 heteroatoms. The lowest BCUT2D eigenvalue weighted by Crippen LogP contribution is -2.32. The number of aromatic nitrogens is 2. The third kappa shape index (κ3) is 5.27. The van der Waals surface area contributed by atoms with Crippen LogP contribution in [0.5, 0.6) is 5.75 Å². The highest BCUT2D eigenvalue weighted by atomic mass is 19.1. The number of aryl methyl sites for hydroxylation is 1. The van der Waals surface area contributed by atoms with Gasteiger partial charge in [0.25, 0.3) is 5.91 Å². The Kier molecular flexibility index (Phi) is 7.06. The molecule has 0 saturated heterocycles. The minimum Gasteiger partial charge on any atom is -0.496 e. The molecule has 1 aromatic heterocycles. The summed E-state index contributed by atoms with van der Waals surface area (Å²) < 4.78 is 20.8. The summed E-state index contributed by atoms with van der Waals surface area (Å²) in [7, 11) is 3.37. The van der Waals surface area contributed by atoms with Gasteiger partial charge in [0.15, 0.2) is 0 Å². The average Bonchev–Trinajstić information content (AvgIpc) is 3.27. The molecule has 0 saturated carbocycles. The summed E-state index contributed by atoms with van der Waals surface area (Å²) in [5.41, 5.74) is 7.00. The summed E-state index contributed by atoms with van der Waals surface area (Å²) >= 11 is 0. The zero-order chi connectivity index (χ0) is 25.9. The predicted molar refractivity (Wildman–Crippen MR) is 141 cm³/mol. The Balaban J connectivity index is 1.45. The van der Waals surface area contributed by atoms with Gasteiger partial charge in [-0.15, -0.1) is 0 Å². The van der Waals surface area contributed by atoms with E-state index in [1.807, 2.05) is 28.9 Å². The number of hydrogen-bond acceptors (Lipinski definition) is 4. The smallest absolute Gasteiger partial charge is 0.257 e. The Hall–Kier alpha value is -3.97. The normalized spacial score (nSPS) is 13.3. The first-order valence-electron chi connectivity index (χ1n) is 12.4. The van der Waals surface area contributed by atoms with Crippen LogP contribution in [0.4, 0.5) is 4.39 Å². The molecule has 2 heterocycles. The third-order valence-electron chi connectivity index (χ3n) is 6.89. The molecule has 3 aromatic carbocycles. The second kappa shape index (κ2) is 10.6. The molecule has 1 aliphatic heterocycles. The fourth-order valence-corrected chi connectivity index (χ4v) is 4.87. The van der Waals surface area contributed by atoms with Crippen molar-refractivity contribution in [3.05, 3.63) is 112 Å². The summed E-state index contributed by atoms with van der Waals surface area (Å²) in [6, 6.07) is 22.3. The van der Waals surface area contributed by atoms with Crippen molar-refractivity contribution in [1.29, 1.82) is 0 Å². The maximum Gasteiger partial charge on any atom is 0.257 e. The number of carbonyl (C=O) groups is 1. The van der Waals surface area contributed by atoms with E-state index in [0.29, 0.717) is 24.4 Å². The van der Waals surface area contributed by atoms with Crippen LogP contribution in [-0.4, -0.2) is 46.2 Å². The van der Waals surface area contributed by atoms with Gasteiger partial charge in [-0.25, -0.2) is 9.07 Å². The van der Waals surface area contributed by atoms with Crippen LogP contribution in [0.25, 0.3) is 5.69 Å². The average molecular weight is 499 g/mol. The van der Waals surface area contributed by atoms with Crippen LogP contribution in [0.1, 0.15) is 38.4 Å². The molecule has 0 spiro atoms. The summed E-state index contributed by atoms with van der Waals surface area (Å²) in [5, 5.41) is 5.02. The van der Waals surface area contributed by atoms with E-state index in [2.05, 4.69) is 36.1 Å². The van der Waals surface area contributed by atoms with E-state index >= 15 is 0 Å². The topological polar surface area (TPSA) is 50.6 Å². The molecule has 0 N–H and O–H groups in total. The summed E-state index contributed by atoms with van der Waals surface area (Å²) in [6.45, 7) is 4.76. The highest BCUT2D eigenvalue weighted by Gasteiger charge is 2.27. The van der Waals surface area contributed by atoms with Gasteiger partial charge in [0.2, 0.25) is 0 Å². The van der Waals surface area contributed by atoms with E-state index in [9.17, 15) is 9.18 Å². The van der Waals surface area contributed by atoms with Gasteiger partial charge in [0.1, 0.15) is 11.6 Å².